The van der Waals surface area contributed by atoms with Crippen molar-refractivity contribution in [3.8, 4) is 0 Å². The van der Waals surface area contributed by atoms with Crippen molar-refractivity contribution in [1.29, 1.82) is 0 Å². The Morgan fingerprint density at radius 1 is 1.43 bits per heavy atom. The number of likely N-dealkylation sites (N-methyl/N-ethyl adjacent to an activating group) is 1. The maximum atomic E-state index is 11.2. The molecule has 0 aliphatic carbocycles. The van der Waals surface area contributed by atoms with Crippen LogP contribution in [0.5, 0.6) is 0 Å². The quantitative estimate of drug-likeness (QED) is 0.620. The number of carbonyl (C=O) groups excluding carboxylic acids is 2. The van der Waals surface area contributed by atoms with Crippen LogP contribution in [0.2, 0.25) is 0 Å². The lowest BCUT2D eigenvalue weighted by molar-refractivity contribution is -0.156. The van der Waals surface area contributed by atoms with Gasteiger partial charge in [0, 0.05) is 7.05 Å². The fourth-order valence-electron chi connectivity index (χ4n) is 0.841. The summed E-state index contributed by atoms with van der Waals surface area (Å²) in [5.74, 6) is -0.829. The molecule has 0 aromatic heterocycles. The molecule has 0 spiro atoms. The first kappa shape index (κ1) is 12.9. The predicted octanol–water partition coefficient (Wildman–Crippen LogP) is -0.208. The van der Waals surface area contributed by atoms with E-state index < -0.39 is 17.6 Å². The van der Waals surface area contributed by atoms with E-state index in [0.29, 0.717) is 0 Å². The van der Waals surface area contributed by atoms with Crippen LogP contribution in [0.3, 0.4) is 0 Å². The van der Waals surface area contributed by atoms with E-state index in [1.807, 2.05) is 0 Å². The van der Waals surface area contributed by atoms with E-state index in [2.05, 4.69) is 5.32 Å². The van der Waals surface area contributed by atoms with Gasteiger partial charge in [0.05, 0.1) is 12.5 Å². The average Bonchev–Trinajstić information content (AvgIpc) is 1.99. The molecule has 14 heavy (non-hydrogen) atoms. The van der Waals surface area contributed by atoms with E-state index in [4.69, 9.17) is 10.5 Å². The van der Waals surface area contributed by atoms with Crippen molar-refractivity contribution >= 4 is 11.9 Å². The molecule has 0 saturated heterocycles. The standard InChI is InChI=1S/C9H18N2O3/c1-9(2,3)14-7(12)5-6(10)8(13)11-4/h6H,5,10H2,1-4H3,(H,11,13)/t6-/m0/s1. The molecule has 0 fully saturated rings. The van der Waals surface area contributed by atoms with Gasteiger partial charge in [0.25, 0.3) is 0 Å². The molecule has 1 amide bonds. The van der Waals surface area contributed by atoms with Crippen molar-refractivity contribution in [3.05, 3.63) is 0 Å². The molecular weight excluding hydrogens is 184 g/mol. The molecule has 0 unspecified atom stereocenters. The maximum Gasteiger partial charge on any atom is 0.308 e. The molecule has 1 atom stereocenters. The summed E-state index contributed by atoms with van der Waals surface area (Å²) in [4.78, 5) is 22.2. The summed E-state index contributed by atoms with van der Waals surface area (Å²) in [6.45, 7) is 5.28. The Kier molecular flexibility index (Phi) is 4.56. The van der Waals surface area contributed by atoms with Crippen LogP contribution in [-0.2, 0) is 14.3 Å². The Bertz CT molecular complexity index is 221. The van der Waals surface area contributed by atoms with E-state index in [-0.39, 0.29) is 12.3 Å². The van der Waals surface area contributed by atoms with Gasteiger partial charge in [0.1, 0.15) is 5.60 Å². The zero-order valence-electron chi connectivity index (χ0n) is 9.09. The van der Waals surface area contributed by atoms with Crippen LogP contribution in [0.4, 0.5) is 0 Å². The van der Waals surface area contributed by atoms with Crippen molar-refractivity contribution in [2.45, 2.75) is 38.8 Å². The highest BCUT2D eigenvalue weighted by Gasteiger charge is 2.21. The molecular formula is C9H18N2O3. The van der Waals surface area contributed by atoms with Crippen LogP contribution < -0.4 is 11.1 Å². The van der Waals surface area contributed by atoms with Gasteiger partial charge in [-0.2, -0.15) is 0 Å². The third-order valence-corrected chi connectivity index (χ3v) is 1.39. The summed E-state index contributed by atoms with van der Waals surface area (Å²) >= 11 is 0. The zero-order valence-corrected chi connectivity index (χ0v) is 9.09. The van der Waals surface area contributed by atoms with Gasteiger partial charge >= 0.3 is 5.97 Å². The molecule has 0 saturated carbocycles. The summed E-state index contributed by atoms with van der Waals surface area (Å²) in [6, 6.07) is -0.838. The van der Waals surface area contributed by atoms with Gasteiger partial charge in [-0.1, -0.05) is 0 Å². The van der Waals surface area contributed by atoms with Crippen LogP contribution >= 0.6 is 0 Å². The number of nitrogens with one attached hydrogen (secondary N) is 1. The molecule has 5 heteroatoms. The highest BCUT2D eigenvalue weighted by molar-refractivity contribution is 5.86. The fraction of sp³-hybridized carbons (Fsp3) is 0.778. The smallest absolute Gasteiger partial charge is 0.308 e. The van der Waals surface area contributed by atoms with Gasteiger partial charge in [0.15, 0.2) is 0 Å². The lowest BCUT2D eigenvalue weighted by atomic mass is 10.1. The van der Waals surface area contributed by atoms with Crippen molar-refractivity contribution in [1.82, 2.24) is 5.32 Å². The summed E-state index contributed by atoms with van der Waals surface area (Å²) < 4.78 is 5.00. The van der Waals surface area contributed by atoms with Crippen molar-refractivity contribution < 1.29 is 14.3 Å². The number of carbonyl (C=O) groups is 2. The Hall–Kier alpha value is -1.10. The molecule has 0 aliphatic rings. The van der Waals surface area contributed by atoms with E-state index in [1.165, 1.54) is 7.05 Å². The highest BCUT2D eigenvalue weighted by atomic mass is 16.6. The molecule has 0 radical (unpaired) electrons. The third kappa shape index (κ3) is 5.53. The first-order valence-corrected chi connectivity index (χ1v) is 4.45. The van der Waals surface area contributed by atoms with Crippen molar-refractivity contribution in [2.24, 2.45) is 5.73 Å². The minimum absolute atomic E-state index is 0.100. The second-order valence-electron chi connectivity index (χ2n) is 4.01. The van der Waals surface area contributed by atoms with Gasteiger partial charge in [0.2, 0.25) is 5.91 Å². The Morgan fingerprint density at radius 2 is 1.93 bits per heavy atom. The van der Waals surface area contributed by atoms with Crippen LogP contribution in [-0.4, -0.2) is 30.6 Å². The molecule has 0 bridgehead atoms. The molecule has 0 aliphatic heterocycles. The number of hydrogen-bond acceptors (Lipinski definition) is 4. The van der Waals surface area contributed by atoms with Gasteiger partial charge < -0.3 is 15.8 Å². The second-order valence-corrected chi connectivity index (χ2v) is 4.01. The Morgan fingerprint density at radius 3 is 2.29 bits per heavy atom. The summed E-state index contributed by atoms with van der Waals surface area (Å²) in [6.07, 6.45) is -0.100. The molecule has 82 valence electrons. The van der Waals surface area contributed by atoms with Gasteiger partial charge in [-0.15, -0.1) is 0 Å². The van der Waals surface area contributed by atoms with E-state index in [9.17, 15) is 9.59 Å². The SMILES string of the molecule is CNC(=O)[C@@H](N)CC(=O)OC(C)(C)C. The van der Waals surface area contributed by atoms with Gasteiger partial charge in [-0.25, -0.2) is 0 Å². The first-order chi connectivity index (χ1) is 6.26. The molecule has 0 heterocycles. The van der Waals surface area contributed by atoms with E-state index in [0.717, 1.165) is 0 Å². The zero-order chi connectivity index (χ0) is 11.4. The van der Waals surface area contributed by atoms with Crippen LogP contribution in [0.1, 0.15) is 27.2 Å². The van der Waals surface area contributed by atoms with Gasteiger partial charge in [-0.05, 0) is 20.8 Å². The number of esters is 1. The topological polar surface area (TPSA) is 81.4 Å². The molecule has 3 N–H and O–H groups in total. The number of ether oxygens (including phenoxy) is 1. The highest BCUT2D eigenvalue weighted by Crippen LogP contribution is 2.08. The van der Waals surface area contributed by atoms with Crippen LogP contribution in [0.15, 0.2) is 0 Å². The maximum absolute atomic E-state index is 11.2. The molecule has 0 aromatic rings. The van der Waals surface area contributed by atoms with Crippen LogP contribution in [0.25, 0.3) is 0 Å². The average molecular weight is 202 g/mol. The lowest BCUT2D eigenvalue weighted by Crippen LogP contribution is -2.41. The largest absolute Gasteiger partial charge is 0.460 e. The fourth-order valence-corrected chi connectivity index (χ4v) is 0.841. The number of hydrogen-bond donors (Lipinski definition) is 2. The third-order valence-electron chi connectivity index (χ3n) is 1.39. The van der Waals surface area contributed by atoms with Crippen molar-refractivity contribution in [2.75, 3.05) is 7.05 Å². The number of nitrogens with two attached hydrogens (primary N) is 1. The minimum Gasteiger partial charge on any atom is -0.460 e. The normalized spacial score (nSPS) is 13.2. The molecule has 0 aromatic carbocycles. The van der Waals surface area contributed by atoms with Gasteiger partial charge in [-0.3, -0.25) is 9.59 Å². The summed E-state index contributed by atoms with van der Waals surface area (Å²) in [7, 11) is 1.47. The monoisotopic (exact) mass is 202 g/mol. The van der Waals surface area contributed by atoms with E-state index in [1.54, 1.807) is 20.8 Å². The van der Waals surface area contributed by atoms with E-state index >= 15 is 0 Å². The lowest BCUT2D eigenvalue weighted by Gasteiger charge is -2.20. The second kappa shape index (κ2) is 4.95. The number of rotatable bonds is 3. The molecule has 5 nitrogen and oxygen atoms in total. The van der Waals surface area contributed by atoms with Crippen molar-refractivity contribution in [3.63, 3.8) is 0 Å². The first-order valence-electron chi connectivity index (χ1n) is 4.45. The predicted molar refractivity (Wildman–Crippen MR) is 52.5 cm³/mol. The van der Waals surface area contributed by atoms with Crippen LogP contribution in [0, 0.1) is 0 Å². The minimum atomic E-state index is -0.838. The summed E-state index contributed by atoms with van der Waals surface area (Å²) in [5, 5.41) is 2.36. The number of amides is 1. The summed E-state index contributed by atoms with van der Waals surface area (Å²) in [5.41, 5.74) is 4.89. The molecule has 0 rings (SSSR count). The Balaban J connectivity index is 4.01. The Labute approximate surface area is 84.0 Å².